The largest absolute Gasteiger partial charge is 0.492 e. The van der Waals surface area contributed by atoms with Gasteiger partial charge in [0, 0.05) is 34.7 Å². The molecule has 0 radical (unpaired) electrons. The van der Waals surface area contributed by atoms with Gasteiger partial charge in [-0.15, -0.1) is 24.8 Å². The summed E-state index contributed by atoms with van der Waals surface area (Å²) in [4.78, 5) is 20.9. The summed E-state index contributed by atoms with van der Waals surface area (Å²) in [6.07, 6.45) is 8.52. The Labute approximate surface area is 272 Å². The number of hydrogen-bond acceptors (Lipinski definition) is 4. The number of carbonyl (C=O) groups is 1. The van der Waals surface area contributed by atoms with Crippen LogP contribution in [0.3, 0.4) is 0 Å². The van der Waals surface area contributed by atoms with Crippen molar-refractivity contribution in [3.8, 4) is 5.75 Å². The Morgan fingerprint density at radius 1 is 0.829 bits per heavy atom. The zero-order valence-electron chi connectivity index (χ0n) is 23.5. The highest BCUT2D eigenvalue weighted by Gasteiger charge is 2.34. The number of nitrogens with zero attached hydrogens (tertiary/aromatic N) is 3. The van der Waals surface area contributed by atoms with E-state index in [1.165, 1.54) is 37.9 Å². The van der Waals surface area contributed by atoms with Crippen molar-refractivity contribution in [2.45, 2.75) is 63.3 Å². The topological polar surface area (TPSA) is 36.0 Å². The third-order valence-corrected chi connectivity index (χ3v) is 9.45. The first-order valence-electron chi connectivity index (χ1n) is 14.6. The summed E-state index contributed by atoms with van der Waals surface area (Å²) < 4.78 is 6.28. The van der Waals surface area contributed by atoms with E-state index in [4.69, 9.17) is 39.5 Å². The summed E-state index contributed by atoms with van der Waals surface area (Å²) in [7, 11) is 0. The lowest BCUT2D eigenvalue weighted by Crippen LogP contribution is -2.53. The van der Waals surface area contributed by atoms with E-state index >= 15 is 0 Å². The van der Waals surface area contributed by atoms with Gasteiger partial charge in [-0.05, 0) is 112 Å². The first-order chi connectivity index (χ1) is 19.0. The molecule has 3 aliphatic rings. The van der Waals surface area contributed by atoms with Crippen molar-refractivity contribution in [2.75, 3.05) is 52.4 Å². The van der Waals surface area contributed by atoms with Crippen molar-refractivity contribution in [2.24, 2.45) is 0 Å². The molecule has 10 heteroatoms. The van der Waals surface area contributed by atoms with E-state index in [1.54, 1.807) is 6.07 Å². The van der Waals surface area contributed by atoms with Gasteiger partial charge in [-0.3, -0.25) is 14.6 Å². The van der Waals surface area contributed by atoms with Crippen LogP contribution in [0.15, 0.2) is 36.4 Å². The Hall–Kier alpha value is -0.920. The second kappa shape index (κ2) is 16.8. The van der Waals surface area contributed by atoms with Gasteiger partial charge in [-0.25, -0.2) is 0 Å². The minimum atomic E-state index is -0.194. The lowest BCUT2D eigenvalue weighted by molar-refractivity contribution is -0.138. The van der Waals surface area contributed by atoms with Crippen LogP contribution in [-0.4, -0.2) is 79.1 Å². The Morgan fingerprint density at radius 3 is 2.15 bits per heavy atom. The molecular weight excluding hydrogens is 624 g/mol. The van der Waals surface area contributed by atoms with Crippen LogP contribution in [-0.2, 0) is 11.2 Å². The van der Waals surface area contributed by atoms with Crippen LogP contribution >= 0.6 is 59.6 Å². The third kappa shape index (κ3) is 9.28. The second-order valence-electron chi connectivity index (χ2n) is 11.2. The predicted octanol–water partition coefficient (Wildman–Crippen LogP) is 7.77. The lowest BCUT2D eigenvalue weighted by Gasteiger charge is -2.39. The molecule has 41 heavy (non-hydrogen) atoms. The van der Waals surface area contributed by atoms with Crippen molar-refractivity contribution < 1.29 is 9.53 Å². The zero-order valence-corrected chi connectivity index (χ0v) is 27.4. The predicted molar refractivity (Wildman–Crippen MR) is 175 cm³/mol. The molecule has 0 bridgehead atoms. The van der Waals surface area contributed by atoms with Crippen molar-refractivity contribution >= 4 is 65.5 Å². The monoisotopic (exact) mass is 663 g/mol. The maximum absolute atomic E-state index is 14.0. The molecule has 0 N–H and O–H groups in total. The highest BCUT2D eigenvalue weighted by molar-refractivity contribution is 6.35. The summed E-state index contributed by atoms with van der Waals surface area (Å²) in [5, 5.41) is 1.96. The molecule has 2 aromatic rings. The van der Waals surface area contributed by atoms with Crippen molar-refractivity contribution in [1.82, 2.24) is 14.7 Å². The number of hydrogen-bond donors (Lipinski definition) is 0. The van der Waals surface area contributed by atoms with Gasteiger partial charge >= 0.3 is 0 Å². The molecule has 228 valence electrons. The molecule has 0 unspecified atom stereocenters. The SMILES string of the molecule is Cl.Cl.O=C([C@@H](Cc1ccc(Cl)cc1Cl)N1CCCCC1)N1CCC(c2ccc(Cl)cc2OCCN2CCCC2)CC1. The molecule has 5 rings (SSSR count). The minimum Gasteiger partial charge on any atom is -0.492 e. The van der Waals surface area contributed by atoms with Gasteiger partial charge in [0.05, 0.1) is 6.04 Å². The number of piperidine rings is 2. The molecule has 3 heterocycles. The minimum absolute atomic E-state index is 0. The average Bonchev–Trinajstić information content (AvgIpc) is 3.47. The van der Waals surface area contributed by atoms with E-state index in [0.717, 1.165) is 69.7 Å². The van der Waals surface area contributed by atoms with Crippen LogP contribution in [0.2, 0.25) is 15.1 Å². The maximum atomic E-state index is 14.0. The van der Waals surface area contributed by atoms with E-state index in [0.29, 0.717) is 34.0 Å². The van der Waals surface area contributed by atoms with Crippen LogP contribution in [0.1, 0.15) is 62.0 Å². The quantitative estimate of drug-likeness (QED) is 0.274. The summed E-state index contributed by atoms with van der Waals surface area (Å²) in [6.45, 7) is 7.38. The molecule has 5 nitrogen and oxygen atoms in total. The van der Waals surface area contributed by atoms with E-state index < -0.39 is 0 Å². The molecule has 1 atom stereocenters. The highest BCUT2D eigenvalue weighted by atomic mass is 35.5. The molecular formula is C31H42Cl5N3O2. The molecule has 1 amide bonds. The fourth-order valence-electron chi connectivity index (χ4n) is 6.38. The van der Waals surface area contributed by atoms with Gasteiger partial charge < -0.3 is 9.64 Å². The van der Waals surface area contributed by atoms with Crippen LogP contribution in [0.5, 0.6) is 5.75 Å². The number of carbonyl (C=O) groups excluding carboxylic acids is 1. The number of amides is 1. The lowest BCUT2D eigenvalue weighted by atomic mass is 9.88. The standard InChI is InChI=1S/C31H40Cl3N3O2.2ClH/c32-25-7-6-24(28(34)21-25)20-29(36-14-2-1-3-15-36)31(38)37-16-10-23(11-17-37)27-9-8-26(33)22-30(27)39-19-18-35-12-4-5-13-35;;/h6-9,21-23,29H,1-5,10-20H2;2*1H/t29-;;/m1../s1. The van der Waals surface area contributed by atoms with Crippen LogP contribution < -0.4 is 4.74 Å². The van der Waals surface area contributed by atoms with E-state index in [9.17, 15) is 4.79 Å². The van der Waals surface area contributed by atoms with Crippen LogP contribution in [0, 0.1) is 0 Å². The summed E-state index contributed by atoms with van der Waals surface area (Å²) in [5.41, 5.74) is 2.20. The molecule has 0 aliphatic carbocycles. The summed E-state index contributed by atoms with van der Waals surface area (Å²) in [6, 6.07) is 11.5. The van der Waals surface area contributed by atoms with E-state index in [-0.39, 0.29) is 36.8 Å². The Morgan fingerprint density at radius 2 is 1.46 bits per heavy atom. The van der Waals surface area contributed by atoms with Gasteiger partial charge in [-0.1, -0.05) is 53.4 Å². The van der Waals surface area contributed by atoms with Gasteiger partial charge in [0.2, 0.25) is 5.91 Å². The normalized spacial score (nSPS) is 19.3. The number of halogens is 5. The number of rotatable bonds is 9. The van der Waals surface area contributed by atoms with Crippen molar-refractivity contribution in [3.63, 3.8) is 0 Å². The number of ether oxygens (including phenoxy) is 1. The number of benzene rings is 2. The van der Waals surface area contributed by atoms with Gasteiger partial charge in [0.1, 0.15) is 12.4 Å². The Kier molecular flexibility index (Phi) is 14.2. The van der Waals surface area contributed by atoms with E-state index in [1.807, 2.05) is 24.3 Å². The van der Waals surface area contributed by atoms with Gasteiger partial charge in [-0.2, -0.15) is 0 Å². The Balaban J connectivity index is 0.00000231. The molecule has 3 fully saturated rings. The summed E-state index contributed by atoms with van der Waals surface area (Å²) in [5.74, 6) is 1.47. The Bertz CT molecular complexity index is 1120. The van der Waals surface area contributed by atoms with Crippen LogP contribution in [0.25, 0.3) is 0 Å². The average molecular weight is 666 g/mol. The first kappa shape index (κ1) is 34.6. The highest BCUT2D eigenvalue weighted by Crippen LogP contribution is 2.36. The molecule has 0 spiro atoms. The fourth-order valence-corrected chi connectivity index (χ4v) is 7.03. The van der Waals surface area contributed by atoms with Gasteiger partial charge in [0.25, 0.3) is 0 Å². The van der Waals surface area contributed by atoms with Gasteiger partial charge in [0.15, 0.2) is 0 Å². The second-order valence-corrected chi connectivity index (χ2v) is 12.5. The molecule has 0 saturated carbocycles. The van der Waals surface area contributed by atoms with Crippen LogP contribution in [0.4, 0.5) is 0 Å². The smallest absolute Gasteiger partial charge is 0.240 e. The zero-order chi connectivity index (χ0) is 27.2. The number of likely N-dealkylation sites (tertiary alicyclic amines) is 3. The first-order valence-corrected chi connectivity index (χ1v) is 15.7. The fraction of sp³-hybridized carbons (Fsp3) is 0.581. The third-order valence-electron chi connectivity index (χ3n) is 8.63. The summed E-state index contributed by atoms with van der Waals surface area (Å²) >= 11 is 19.0. The maximum Gasteiger partial charge on any atom is 0.240 e. The molecule has 0 aromatic heterocycles. The molecule has 3 aliphatic heterocycles. The molecule has 2 aromatic carbocycles. The van der Waals surface area contributed by atoms with E-state index in [2.05, 4.69) is 20.8 Å². The van der Waals surface area contributed by atoms with Crippen molar-refractivity contribution in [3.05, 3.63) is 62.6 Å². The molecule has 3 saturated heterocycles. The van der Waals surface area contributed by atoms with Crippen molar-refractivity contribution in [1.29, 1.82) is 0 Å².